The lowest BCUT2D eigenvalue weighted by molar-refractivity contribution is -0.137. The standard InChI is InChI=1S/C22H27N3O2/c1-21(2)16-11-10-15-18(22(16,3)13-12-17(21)26)24-25(4)19(15)23-20(27)14-8-6-5-7-9-14/h5-9,16H,10-13H2,1-4H3,(H,23,27)/t16-,22-/m0/s1. The van der Waals surface area contributed by atoms with Crippen LogP contribution in [0.5, 0.6) is 0 Å². The smallest absolute Gasteiger partial charge is 0.256 e. The Bertz CT molecular complexity index is 913. The summed E-state index contributed by atoms with van der Waals surface area (Å²) in [6, 6.07) is 9.24. The van der Waals surface area contributed by atoms with Crippen LogP contribution in [0, 0.1) is 11.3 Å². The van der Waals surface area contributed by atoms with Crippen molar-refractivity contribution in [1.29, 1.82) is 0 Å². The molecule has 4 rings (SSSR count). The fraction of sp³-hybridized carbons (Fsp3) is 0.500. The average molecular weight is 365 g/mol. The fourth-order valence-corrected chi connectivity index (χ4v) is 5.30. The second-order valence-electron chi connectivity index (χ2n) is 8.77. The maximum atomic E-state index is 12.7. The Balaban J connectivity index is 1.71. The van der Waals surface area contributed by atoms with Crippen molar-refractivity contribution in [3.8, 4) is 0 Å². The highest BCUT2D eigenvalue weighted by Crippen LogP contribution is 2.56. The van der Waals surface area contributed by atoms with Gasteiger partial charge in [0.2, 0.25) is 0 Å². The van der Waals surface area contributed by atoms with E-state index >= 15 is 0 Å². The molecule has 2 aliphatic rings. The number of nitrogens with zero attached hydrogens (tertiary/aromatic N) is 2. The normalized spacial score (nSPS) is 26.2. The van der Waals surface area contributed by atoms with E-state index in [-0.39, 0.29) is 22.7 Å². The van der Waals surface area contributed by atoms with Crippen LogP contribution < -0.4 is 5.32 Å². The van der Waals surface area contributed by atoms with Crippen LogP contribution in [0.3, 0.4) is 0 Å². The monoisotopic (exact) mass is 365 g/mol. The molecule has 2 aliphatic carbocycles. The third-order valence-corrected chi connectivity index (χ3v) is 6.87. The molecule has 0 aliphatic heterocycles. The minimum atomic E-state index is -0.324. The second kappa shape index (κ2) is 6.04. The molecule has 0 radical (unpaired) electrons. The molecule has 1 aromatic heterocycles. The van der Waals surface area contributed by atoms with Gasteiger partial charge in [-0.05, 0) is 37.3 Å². The highest BCUT2D eigenvalue weighted by atomic mass is 16.1. The number of fused-ring (bicyclic) bond motifs is 3. The van der Waals surface area contributed by atoms with E-state index in [0.717, 1.165) is 36.3 Å². The number of carbonyl (C=O) groups excluding carboxylic acids is 2. The Labute approximate surface area is 160 Å². The highest BCUT2D eigenvalue weighted by Gasteiger charge is 2.55. The number of aromatic nitrogens is 2. The summed E-state index contributed by atoms with van der Waals surface area (Å²) in [5.74, 6) is 1.31. The van der Waals surface area contributed by atoms with Gasteiger partial charge in [-0.15, -0.1) is 0 Å². The number of amides is 1. The summed E-state index contributed by atoms with van der Waals surface area (Å²) in [5.41, 5.74) is 2.38. The van der Waals surface area contributed by atoms with Crippen molar-refractivity contribution in [2.24, 2.45) is 18.4 Å². The van der Waals surface area contributed by atoms with Crippen molar-refractivity contribution in [1.82, 2.24) is 9.78 Å². The first kappa shape index (κ1) is 18.0. The van der Waals surface area contributed by atoms with Crippen molar-refractivity contribution in [3.05, 3.63) is 47.2 Å². The molecule has 0 spiro atoms. The van der Waals surface area contributed by atoms with Gasteiger partial charge in [-0.2, -0.15) is 5.10 Å². The largest absolute Gasteiger partial charge is 0.307 e. The zero-order valence-electron chi connectivity index (χ0n) is 16.5. The molecule has 27 heavy (non-hydrogen) atoms. The first-order valence-corrected chi connectivity index (χ1v) is 9.71. The second-order valence-corrected chi connectivity index (χ2v) is 8.77. The number of anilines is 1. The summed E-state index contributed by atoms with van der Waals surface area (Å²) in [4.78, 5) is 25.2. The Hall–Kier alpha value is -2.43. The minimum Gasteiger partial charge on any atom is -0.307 e. The van der Waals surface area contributed by atoms with Gasteiger partial charge in [-0.25, -0.2) is 0 Å². The first-order chi connectivity index (χ1) is 12.7. The Morgan fingerprint density at radius 3 is 2.59 bits per heavy atom. The molecule has 2 atom stereocenters. The molecule has 5 nitrogen and oxygen atoms in total. The van der Waals surface area contributed by atoms with E-state index in [1.165, 1.54) is 0 Å². The van der Waals surface area contributed by atoms with E-state index in [1.807, 2.05) is 37.4 Å². The highest BCUT2D eigenvalue weighted by molar-refractivity contribution is 6.04. The van der Waals surface area contributed by atoms with Crippen LogP contribution in [-0.2, 0) is 23.7 Å². The van der Waals surface area contributed by atoms with Crippen LogP contribution >= 0.6 is 0 Å². The van der Waals surface area contributed by atoms with Gasteiger partial charge < -0.3 is 5.32 Å². The predicted octanol–water partition coefficient (Wildman–Crippen LogP) is 3.88. The minimum absolute atomic E-state index is 0.118. The maximum Gasteiger partial charge on any atom is 0.256 e. The van der Waals surface area contributed by atoms with Crippen molar-refractivity contribution in [2.75, 3.05) is 5.32 Å². The van der Waals surface area contributed by atoms with Gasteiger partial charge >= 0.3 is 0 Å². The van der Waals surface area contributed by atoms with E-state index in [4.69, 9.17) is 5.10 Å². The number of ketones is 1. The van der Waals surface area contributed by atoms with Gasteiger partial charge in [0.25, 0.3) is 5.91 Å². The number of nitrogens with one attached hydrogen (secondary N) is 1. The zero-order valence-corrected chi connectivity index (χ0v) is 16.5. The molecule has 2 aromatic rings. The summed E-state index contributed by atoms with van der Waals surface area (Å²) < 4.78 is 1.79. The molecule has 1 aromatic carbocycles. The van der Waals surface area contributed by atoms with Crippen LogP contribution in [0.4, 0.5) is 5.82 Å². The van der Waals surface area contributed by atoms with Gasteiger partial charge in [0.15, 0.2) is 0 Å². The van der Waals surface area contributed by atoms with Crippen molar-refractivity contribution >= 4 is 17.5 Å². The number of rotatable bonds is 2. The molecule has 1 N–H and O–H groups in total. The molecular weight excluding hydrogens is 338 g/mol. The van der Waals surface area contributed by atoms with E-state index in [9.17, 15) is 9.59 Å². The van der Waals surface area contributed by atoms with Gasteiger partial charge in [0, 0.05) is 35.4 Å². The van der Waals surface area contributed by atoms with Gasteiger partial charge in [0.05, 0.1) is 5.69 Å². The summed E-state index contributed by atoms with van der Waals surface area (Å²) >= 11 is 0. The molecular formula is C22H27N3O2. The maximum absolute atomic E-state index is 12.7. The fourth-order valence-electron chi connectivity index (χ4n) is 5.30. The van der Waals surface area contributed by atoms with Crippen LogP contribution in [0.2, 0.25) is 0 Å². The Kier molecular flexibility index (Phi) is 4.02. The number of aryl methyl sites for hydroxylation is 1. The summed E-state index contributed by atoms with van der Waals surface area (Å²) in [6.07, 6.45) is 3.21. The molecule has 0 bridgehead atoms. The number of Topliss-reactive ketones (excluding diaryl/α,β-unsaturated/α-hetero) is 1. The van der Waals surface area contributed by atoms with Crippen LogP contribution in [-0.4, -0.2) is 21.5 Å². The third kappa shape index (κ3) is 2.63. The van der Waals surface area contributed by atoms with Crippen LogP contribution in [0.15, 0.2) is 30.3 Å². The summed E-state index contributed by atoms with van der Waals surface area (Å²) in [5, 5.41) is 7.91. The van der Waals surface area contributed by atoms with E-state index in [1.54, 1.807) is 4.68 Å². The number of carbonyl (C=O) groups is 2. The SMILES string of the molecule is Cn1nc2c(c1NC(=O)c1ccccc1)CC[C@H]1C(C)(C)C(=O)CC[C@]21C. The Morgan fingerprint density at radius 2 is 1.89 bits per heavy atom. The van der Waals surface area contributed by atoms with E-state index < -0.39 is 0 Å². The van der Waals surface area contributed by atoms with Gasteiger partial charge in [-0.1, -0.05) is 39.0 Å². The predicted molar refractivity (Wildman–Crippen MR) is 105 cm³/mol. The third-order valence-electron chi connectivity index (χ3n) is 6.87. The summed E-state index contributed by atoms with van der Waals surface area (Å²) in [7, 11) is 1.89. The Morgan fingerprint density at radius 1 is 1.19 bits per heavy atom. The molecule has 0 unspecified atom stereocenters. The van der Waals surface area contributed by atoms with Gasteiger partial charge in [-0.3, -0.25) is 14.3 Å². The number of benzene rings is 1. The van der Waals surface area contributed by atoms with Crippen LogP contribution in [0.1, 0.15) is 61.6 Å². The van der Waals surface area contributed by atoms with Crippen molar-refractivity contribution in [3.63, 3.8) is 0 Å². The molecule has 1 fully saturated rings. The lowest BCUT2D eigenvalue weighted by Crippen LogP contribution is -2.52. The number of hydrogen-bond acceptors (Lipinski definition) is 3. The summed E-state index contributed by atoms with van der Waals surface area (Å²) in [6.45, 7) is 6.42. The quantitative estimate of drug-likeness (QED) is 0.878. The van der Waals surface area contributed by atoms with Gasteiger partial charge in [0.1, 0.15) is 11.6 Å². The molecule has 0 saturated heterocycles. The lowest BCUT2D eigenvalue weighted by atomic mass is 9.51. The molecule has 1 amide bonds. The molecule has 1 heterocycles. The average Bonchev–Trinajstić information content (AvgIpc) is 2.96. The van der Waals surface area contributed by atoms with Crippen LogP contribution in [0.25, 0.3) is 0 Å². The zero-order chi connectivity index (χ0) is 19.4. The van der Waals surface area contributed by atoms with Crippen molar-refractivity contribution in [2.45, 2.75) is 51.9 Å². The van der Waals surface area contributed by atoms with E-state index in [0.29, 0.717) is 17.8 Å². The molecule has 1 saturated carbocycles. The topological polar surface area (TPSA) is 64.0 Å². The molecule has 142 valence electrons. The first-order valence-electron chi connectivity index (χ1n) is 9.71. The van der Waals surface area contributed by atoms with E-state index in [2.05, 4.69) is 26.1 Å². The number of hydrogen-bond donors (Lipinski definition) is 1. The molecule has 5 heteroatoms. The lowest BCUT2D eigenvalue weighted by Gasteiger charge is -2.51. The van der Waals surface area contributed by atoms with Crippen molar-refractivity contribution < 1.29 is 9.59 Å².